The fourth-order valence-corrected chi connectivity index (χ4v) is 10.2. The summed E-state index contributed by atoms with van der Waals surface area (Å²) in [5.74, 6) is 0.653. The molecule has 1 aliphatic rings. The van der Waals surface area contributed by atoms with Gasteiger partial charge in [-0.1, -0.05) is 347 Å². The molecule has 1 aliphatic carbocycles. The number of aryl methyl sites for hydroxylation is 1. The number of fused-ring (bicyclic) bond motifs is 1. The summed E-state index contributed by atoms with van der Waals surface area (Å²) in [7, 11) is 2.30. The Labute approximate surface area is 673 Å². The normalized spacial score (nSPS) is 12.6. The van der Waals surface area contributed by atoms with E-state index >= 15 is 0 Å². The van der Waals surface area contributed by atoms with Crippen LogP contribution in [-0.4, -0.2) is 59.7 Å². The summed E-state index contributed by atoms with van der Waals surface area (Å²) in [4.78, 5) is 22.9. The van der Waals surface area contributed by atoms with Crippen LogP contribution in [0.25, 0.3) is 0 Å². The van der Waals surface area contributed by atoms with E-state index in [1.807, 2.05) is 190 Å². The molecule has 0 fully saturated rings. The van der Waals surface area contributed by atoms with Crippen LogP contribution in [-0.2, 0) is 43.7 Å². The van der Waals surface area contributed by atoms with E-state index in [1.165, 1.54) is 68.4 Å². The van der Waals surface area contributed by atoms with Crippen molar-refractivity contribution in [3.63, 3.8) is 0 Å². The Balaban J connectivity index is -0.000000214. The van der Waals surface area contributed by atoms with Crippen LogP contribution in [0.2, 0.25) is 10.0 Å². The molecule has 0 aromatic heterocycles. The predicted molar refractivity (Wildman–Crippen MR) is 467 cm³/mol. The SMILES string of the molecule is CC.CC.CC.CC.CC.CC.CCC(C)(C#N)c1ccccc1.CCC(C)(C)c1ccccc1.CCC(C)(Cl)c1ccccc1.CCC(C)(c1ccccc1)C(F)F.CCC(C)c1cc(C(=O)CO)cc(C(=O)OC)c1.CCC(C)c1ccc(Cl)c(Cl)c1.CCC(C)c1cccc2c1CCCC2.CO.OOO. The molecule has 7 aromatic rings. The standard InChI is InChI=1S/C14H18O4.C14H20.C11H14F2.C11H13N.C11H16.C10H12Cl2.C10H13Cl.6C2H6.CH4O.H2O3/c1-4-9(2)10-5-11(13(16)8-15)7-12(6-10)14(17)18-3;1-3-11(2)13-10-6-8-12-7-4-5-9-14(12)13;1-3-11(2,10(12)13)9-7-5-4-6-8-9;1-3-11(2,9-12)10-7-5-4-6-8-10;1-4-11(2,3)10-8-6-5-7-9-10;1-3-7(2)8-4-5-9(11)10(12)6-8;1-3-10(2,11)9-7-5-4-6-8-9;7*1-2;1-3-2/h5-7,9,15H,4,8H2,1-3H3;6,8,10-11H,3-5,7,9H2,1-2H3;4-8,10H,3H2,1-2H3;4-8H,3H2,1-2H3;5-9H,4H2,1-3H3;4-7H,3H2,1-2H3;4-8H,3H2,1-2H3;6*1-2H3;2H,1H3;1-2H. The summed E-state index contributed by atoms with van der Waals surface area (Å²) >= 11 is 17.9. The molecule has 7 aromatic carbocycles. The lowest BCUT2D eigenvalue weighted by atomic mass is 9.80. The number of ketones is 1. The first-order valence-electron chi connectivity index (χ1n) is 39.5. The third-order valence-corrected chi connectivity index (χ3v) is 19.4. The lowest BCUT2D eigenvalue weighted by Gasteiger charge is -2.27. The van der Waals surface area contributed by atoms with Crippen molar-refractivity contribution in [3.05, 3.63) is 247 Å². The van der Waals surface area contributed by atoms with Crippen molar-refractivity contribution in [1.82, 2.24) is 0 Å². The fourth-order valence-electron chi connectivity index (χ4n) is 9.75. The van der Waals surface area contributed by atoms with Crippen molar-refractivity contribution < 1.29 is 48.9 Å². The van der Waals surface area contributed by atoms with E-state index < -0.39 is 30.2 Å². The van der Waals surface area contributed by atoms with Crippen LogP contribution in [0.15, 0.2) is 176 Å². The highest BCUT2D eigenvalue weighted by atomic mass is 35.5. The maximum atomic E-state index is 12.8. The third kappa shape index (κ3) is 45.1. The molecule has 0 saturated carbocycles. The molecule has 612 valence electrons. The first kappa shape index (κ1) is 115. The first-order valence-corrected chi connectivity index (χ1v) is 40.7. The summed E-state index contributed by atoms with van der Waals surface area (Å²) in [6.45, 7) is 54.8. The molecule has 0 radical (unpaired) electrons. The number of ether oxygens (including phenoxy) is 1. The van der Waals surface area contributed by atoms with Gasteiger partial charge in [0.1, 0.15) is 6.61 Å². The maximum Gasteiger partial charge on any atom is 0.337 e. The largest absolute Gasteiger partial charge is 0.465 e. The van der Waals surface area contributed by atoms with Gasteiger partial charge in [-0.05, 0) is 188 Å². The average molecular weight is 1560 g/mol. The predicted octanol–water partition coefficient (Wildman–Crippen LogP) is 29.9. The number of nitriles is 1. The lowest BCUT2D eigenvalue weighted by molar-refractivity contribution is -0.465. The van der Waals surface area contributed by atoms with Gasteiger partial charge in [-0.2, -0.15) is 5.26 Å². The molecule has 0 spiro atoms. The van der Waals surface area contributed by atoms with Crippen LogP contribution < -0.4 is 0 Å². The minimum absolute atomic E-state index is 0.193. The molecule has 0 aliphatic heterocycles. The number of Topliss-reactive ketones (excluding diaryl/α,β-unsaturated/α-hetero) is 1. The number of aliphatic hydroxyl groups excluding tert-OH is 2. The highest BCUT2D eigenvalue weighted by molar-refractivity contribution is 6.42. The number of esters is 1. The molecule has 108 heavy (non-hydrogen) atoms. The van der Waals surface area contributed by atoms with Crippen LogP contribution in [0.1, 0.15) is 333 Å². The summed E-state index contributed by atoms with van der Waals surface area (Å²) in [5.41, 5.74) is 11.2. The van der Waals surface area contributed by atoms with Gasteiger partial charge in [0.05, 0.1) is 44.5 Å². The Morgan fingerprint density at radius 1 is 0.500 bits per heavy atom. The second kappa shape index (κ2) is 71.0. The molecule has 6 unspecified atom stereocenters. The van der Waals surface area contributed by atoms with E-state index in [9.17, 15) is 18.4 Å². The number of halogens is 5. The van der Waals surface area contributed by atoms with E-state index in [4.69, 9.17) is 60.8 Å². The van der Waals surface area contributed by atoms with E-state index in [0.717, 1.165) is 49.8 Å². The number of aliphatic hydroxyl groups is 2. The summed E-state index contributed by atoms with van der Waals surface area (Å²) in [6.07, 6.45) is 9.83. The minimum Gasteiger partial charge on any atom is -0.465 e. The highest BCUT2D eigenvalue weighted by Gasteiger charge is 2.34. The number of hydrogen-bond donors (Lipinski definition) is 4. The first-order chi connectivity index (χ1) is 51.6. The van der Waals surface area contributed by atoms with Crippen LogP contribution in [0.3, 0.4) is 0 Å². The maximum absolute atomic E-state index is 12.8. The summed E-state index contributed by atoms with van der Waals surface area (Å²) < 4.78 is 30.2. The molecular weight excluding hydrogens is 1420 g/mol. The van der Waals surface area contributed by atoms with Gasteiger partial charge in [-0.15, -0.1) is 11.6 Å². The van der Waals surface area contributed by atoms with Gasteiger partial charge in [-0.25, -0.2) is 24.1 Å². The minimum atomic E-state index is -2.31. The van der Waals surface area contributed by atoms with Crippen molar-refractivity contribution in [2.75, 3.05) is 20.8 Å². The van der Waals surface area contributed by atoms with Gasteiger partial charge in [0.25, 0.3) is 0 Å². The zero-order valence-corrected chi connectivity index (χ0v) is 74.6. The number of rotatable bonds is 18. The van der Waals surface area contributed by atoms with Crippen LogP contribution >= 0.6 is 34.8 Å². The molecule has 9 nitrogen and oxygen atoms in total. The van der Waals surface area contributed by atoms with Crippen LogP contribution in [0, 0.1) is 11.3 Å². The summed E-state index contributed by atoms with van der Waals surface area (Å²) in [6, 6.07) is 59.7. The molecule has 0 amide bonds. The number of benzene rings is 7. The molecule has 6 atom stereocenters. The Hall–Kier alpha value is -6.30. The van der Waals surface area contributed by atoms with Crippen LogP contribution in [0.5, 0.6) is 0 Å². The Morgan fingerprint density at radius 3 is 1.28 bits per heavy atom. The number of methoxy groups -OCH3 is 1. The molecule has 0 heterocycles. The van der Waals surface area contributed by atoms with Gasteiger partial charge in [0, 0.05) is 12.7 Å². The van der Waals surface area contributed by atoms with E-state index in [-0.39, 0.29) is 16.2 Å². The van der Waals surface area contributed by atoms with E-state index in [2.05, 4.69) is 132 Å². The third-order valence-electron chi connectivity index (χ3n) is 18.2. The highest BCUT2D eigenvalue weighted by Crippen LogP contribution is 2.35. The van der Waals surface area contributed by atoms with Gasteiger partial charge in [0.15, 0.2) is 5.78 Å². The van der Waals surface area contributed by atoms with E-state index in [1.54, 1.807) is 66.9 Å². The van der Waals surface area contributed by atoms with Gasteiger partial charge < -0.3 is 14.9 Å². The molecule has 0 bridgehead atoms. The second-order valence-corrected chi connectivity index (χ2v) is 26.6. The molecule has 4 N–H and O–H groups in total. The molecular formula is C94H148Cl3F2NO8. The second-order valence-electron chi connectivity index (χ2n) is 24.9. The van der Waals surface area contributed by atoms with Crippen molar-refractivity contribution in [3.8, 4) is 6.07 Å². The Bertz CT molecular complexity index is 3170. The van der Waals surface area contributed by atoms with Crippen molar-refractivity contribution >= 4 is 46.6 Å². The fraction of sp³-hybridized carbons (Fsp3) is 0.521. The zero-order valence-electron chi connectivity index (χ0n) is 72.3. The average Bonchev–Trinajstić information content (AvgIpc) is 0.826. The van der Waals surface area contributed by atoms with Gasteiger partial charge >= 0.3 is 5.97 Å². The monoisotopic (exact) mass is 1560 g/mol. The quantitative estimate of drug-likeness (QED) is 0.0216. The Kier molecular flexibility index (Phi) is 75.6. The molecule has 14 heteroatoms. The number of nitrogens with zero attached hydrogens (tertiary/aromatic N) is 1. The molecule has 0 saturated heterocycles. The lowest BCUT2D eigenvalue weighted by Crippen LogP contribution is -2.29. The van der Waals surface area contributed by atoms with E-state index in [0.29, 0.717) is 44.5 Å². The molecule has 8 rings (SSSR count). The van der Waals surface area contributed by atoms with Crippen molar-refractivity contribution in [2.24, 2.45) is 0 Å². The summed E-state index contributed by atoms with van der Waals surface area (Å²) in [5, 5.41) is 41.7. The zero-order chi connectivity index (χ0) is 85.1. The van der Waals surface area contributed by atoms with Crippen molar-refractivity contribution in [1.29, 1.82) is 5.26 Å². The smallest absolute Gasteiger partial charge is 0.337 e. The number of carbonyl (C=O) groups is 2. The van der Waals surface area contributed by atoms with Gasteiger partial charge in [-0.3, -0.25) is 4.79 Å². The van der Waals surface area contributed by atoms with Crippen LogP contribution in [0.4, 0.5) is 8.78 Å². The number of carbonyl (C=O) groups excluding carboxylic acids is 2. The topological polar surface area (TPSA) is 157 Å². The van der Waals surface area contributed by atoms with Crippen molar-refractivity contribution in [2.45, 2.75) is 303 Å². The number of alkyl halides is 3. The van der Waals surface area contributed by atoms with Gasteiger partial charge in [0.2, 0.25) is 6.43 Å². The number of hydrogen-bond acceptors (Lipinski definition) is 9. The Morgan fingerprint density at radius 2 is 0.907 bits per heavy atom.